The minimum absolute atomic E-state index is 0.177. The highest BCUT2D eigenvalue weighted by Gasteiger charge is 2.30. The van der Waals surface area contributed by atoms with Crippen molar-refractivity contribution < 1.29 is 17.7 Å². The predicted molar refractivity (Wildman–Crippen MR) is 79.7 cm³/mol. The van der Waals surface area contributed by atoms with Crippen LogP contribution in [0.25, 0.3) is 17.4 Å². The summed E-state index contributed by atoms with van der Waals surface area (Å²) < 4.78 is 44.0. The van der Waals surface area contributed by atoms with Crippen LogP contribution >= 0.6 is 0 Å². The van der Waals surface area contributed by atoms with Crippen LogP contribution in [-0.2, 0) is 12.6 Å². The molecule has 0 saturated carbocycles. The molecule has 3 heterocycles. The Morgan fingerprint density at radius 1 is 1.32 bits per heavy atom. The Hall–Kier alpha value is -2.82. The molecule has 0 aromatic carbocycles. The number of likely N-dealkylation sites (N-methyl/N-ethyl adjacent to an activating group) is 1. The number of halogens is 3. The number of pyridine rings is 1. The molecule has 3 aromatic heterocycles. The van der Waals surface area contributed by atoms with Gasteiger partial charge in [0.1, 0.15) is 0 Å². The number of alkyl halides is 3. The van der Waals surface area contributed by atoms with E-state index in [1.54, 1.807) is 0 Å². The molecule has 8 nitrogen and oxygen atoms in total. The maximum atomic E-state index is 12.6. The van der Waals surface area contributed by atoms with E-state index in [0.717, 1.165) is 12.3 Å². The van der Waals surface area contributed by atoms with Gasteiger partial charge in [0.2, 0.25) is 0 Å². The summed E-state index contributed by atoms with van der Waals surface area (Å²) in [5.41, 5.74) is -0.533. The maximum absolute atomic E-state index is 12.6. The van der Waals surface area contributed by atoms with Gasteiger partial charge in [0.15, 0.2) is 17.3 Å². The average Bonchev–Trinajstić information content (AvgIpc) is 3.23. The largest absolute Gasteiger partial charge is 0.417 e. The quantitative estimate of drug-likeness (QED) is 0.748. The molecule has 1 N–H and O–H groups in total. The number of aromatic nitrogens is 6. The normalized spacial score (nSPS) is 13.2. The molecule has 132 valence electrons. The molecule has 0 spiro atoms. The van der Waals surface area contributed by atoms with Gasteiger partial charge in [-0.05, 0) is 26.1 Å². The van der Waals surface area contributed by atoms with Crippen LogP contribution in [0.5, 0.6) is 0 Å². The van der Waals surface area contributed by atoms with Crippen molar-refractivity contribution in [2.24, 2.45) is 0 Å². The standard InChI is InChI=1S/C14H14F3N7O/c1-8(18-2)5-11-20-13(25-22-11)10-7-24(23-21-10)12-4-3-9(6-19-12)14(15,16)17/h3-4,6-8,18H,5H2,1-2H3. The van der Waals surface area contributed by atoms with Crippen molar-refractivity contribution in [3.8, 4) is 17.4 Å². The first kappa shape index (κ1) is 17.0. The lowest BCUT2D eigenvalue weighted by Gasteiger charge is -2.06. The number of hydrogen-bond donors (Lipinski definition) is 1. The van der Waals surface area contributed by atoms with Gasteiger partial charge in [0.05, 0.1) is 11.8 Å². The summed E-state index contributed by atoms with van der Waals surface area (Å²) in [5.74, 6) is 0.880. The van der Waals surface area contributed by atoms with Crippen molar-refractivity contribution >= 4 is 0 Å². The molecule has 3 aromatic rings. The molecule has 0 bridgehead atoms. The monoisotopic (exact) mass is 353 g/mol. The lowest BCUT2D eigenvalue weighted by atomic mass is 10.2. The van der Waals surface area contributed by atoms with Crippen LogP contribution in [-0.4, -0.2) is 43.2 Å². The fourth-order valence-corrected chi connectivity index (χ4v) is 1.98. The first-order chi connectivity index (χ1) is 11.9. The molecule has 0 saturated heterocycles. The van der Waals surface area contributed by atoms with Crippen molar-refractivity contribution in [3.63, 3.8) is 0 Å². The fourth-order valence-electron chi connectivity index (χ4n) is 1.98. The van der Waals surface area contributed by atoms with E-state index < -0.39 is 11.7 Å². The van der Waals surface area contributed by atoms with Crippen molar-refractivity contribution in [3.05, 3.63) is 35.9 Å². The van der Waals surface area contributed by atoms with Gasteiger partial charge in [-0.1, -0.05) is 10.4 Å². The van der Waals surface area contributed by atoms with E-state index in [1.165, 1.54) is 16.9 Å². The Labute approximate surface area is 140 Å². The summed E-state index contributed by atoms with van der Waals surface area (Å²) in [6, 6.07) is 2.31. The van der Waals surface area contributed by atoms with E-state index in [2.05, 4.69) is 30.8 Å². The van der Waals surface area contributed by atoms with Crippen molar-refractivity contribution in [1.29, 1.82) is 0 Å². The Balaban J connectivity index is 1.78. The van der Waals surface area contributed by atoms with Crippen molar-refractivity contribution in [1.82, 2.24) is 35.4 Å². The van der Waals surface area contributed by atoms with Crippen LogP contribution in [0.1, 0.15) is 18.3 Å². The first-order valence-corrected chi connectivity index (χ1v) is 7.33. The molecule has 0 amide bonds. The lowest BCUT2D eigenvalue weighted by molar-refractivity contribution is -0.137. The molecule has 0 aliphatic heterocycles. The highest BCUT2D eigenvalue weighted by atomic mass is 19.4. The molecular formula is C14H14F3N7O. The van der Waals surface area contributed by atoms with Crippen LogP contribution in [0.2, 0.25) is 0 Å². The van der Waals surface area contributed by atoms with E-state index in [9.17, 15) is 13.2 Å². The Morgan fingerprint density at radius 3 is 2.76 bits per heavy atom. The highest BCUT2D eigenvalue weighted by molar-refractivity contribution is 5.44. The van der Waals surface area contributed by atoms with E-state index in [4.69, 9.17) is 4.52 Å². The van der Waals surface area contributed by atoms with Gasteiger partial charge in [-0.25, -0.2) is 9.67 Å². The van der Waals surface area contributed by atoms with Crippen LogP contribution in [0, 0.1) is 0 Å². The third-order valence-corrected chi connectivity index (χ3v) is 3.47. The second-order valence-electron chi connectivity index (χ2n) is 5.36. The highest BCUT2D eigenvalue weighted by Crippen LogP contribution is 2.28. The van der Waals surface area contributed by atoms with E-state index in [0.29, 0.717) is 17.9 Å². The smallest absolute Gasteiger partial charge is 0.332 e. The number of nitrogens with one attached hydrogen (secondary N) is 1. The predicted octanol–water partition coefficient (Wildman–Crippen LogP) is 1.88. The molecule has 1 atom stereocenters. The Morgan fingerprint density at radius 2 is 2.12 bits per heavy atom. The Kier molecular flexibility index (Phi) is 4.49. The molecule has 0 fully saturated rings. The zero-order valence-corrected chi connectivity index (χ0v) is 13.3. The number of hydrogen-bond acceptors (Lipinski definition) is 7. The molecule has 0 aliphatic rings. The molecule has 11 heteroatoms. The van der Waals surface area contributed by atoms with Crippen LogP contribution < -0.4 is 5.32 Å². The van der Waals surface area contributed by atoms with Gasteiger partial charge < -0.3 is 9.84 Å². The zero-order valence-electron chi connectivity index (χ0n) is 13.3. The van der Waals surface area contributed by atoms with Gasteiger partial charge in [0, 0.05) is 18.7 Å². The van der Waals surface area contributed by atoms with Crippen molar-refractivity contribution in [2.75, 3.05) is 7.05 Å². The van der Waals surface area contributed by atoms with E-state index in [1.807, 2.05) is 14.0 Å². The summed E-state index contributed by atoms with van der Waals surface area (Å²) in [6.45, 7) is 1.97. The summed E-state index contributed by atoms with van der Waals surface area (Å²) in [4.78, 5) is 7.96. The third-order valence-electron chi connectivity index (χ3n) is 3.47. The molecular weight excluding hydrogens is 339 g/mol. The van der Waals surface area contributed by atoms with Crippen LogP contribution in [0.3, 0.4) is 0 Å². The molecule has 1 unspecified atom stereocenters. The second kappa shape index (κ2) is 6.59. The molecule has 0 aliphatic carbocycles. The summed E-state index contributed by atoms with van der Waals surface area (Å²) >= 11 is 0. The number of rotatable bonds is 5. The van der Waals surface area contributed by atoms with Crippen LogP contribution in [0.15, 0.2) is 29.0 Å². The minimum atomic E-state index is -4.44. The van der Waals surface area contributed by atoms with Crippen molar-refractivity contribution in [2.45, 2.75) is 25.6 Å². The maximum Gasteiger partial charge on any atom is 0.417 e. The molecule has 3 rings (SSSR count). The first-order valence-electron chi connectivity index (χ1n) is 7.33. The summed E-state index contributed by atoms with van der Waals surface area (Å²) in [5, 5.41) is 14.6. The van der Waals surface area contributed by atoms with Gasteiger partial charge in [-0.3, -0.25) is 0 Å². The molecule has 0 radical (unpaired) electrons. The Bertz CT molecular complexity index is 841. The SMILES string of the molecule is CNC(C)Cc1noc(-c2cn(-c3ccc(C(F)(F)F)cn3)nn2)n1. The zero-order chi connectivity index (χ0) is 18.0. The van der Waals surface area contributed by atoms with Gasteiger partial charge >= 0.3 is 6.18 Å². The summed E-state index contributed by atoms with van der Waals surface area (Å²) in [7, 11) is 1.83. The van der Waals surface area contributed by atoms with E-state index in [-0.39, 0.29) is 17.8 Å². The lowest BCUT2D eigenvalue weighted by Crippen LogP contribution is -2.24. The van der Waals surface area contributed by atoms with Gasteiger partial charge in [-0.2, -0.15) is 18.2 Å². The number of nitrogens with zero attached hydrogens (tertiary/aromatic N) is 6. The fraction of sp³-hybridized carbons (Fsp3) is 0.357. The van der Waals surface area contributed by atoms with Gasteiger partial charge in [-0.15, -0.1) is 5.10 Å². The summed E-state index contributed by atoms with van der Waals surface area (Å²) in [6.07, 6.45) is -1.67. The average molecular weight is 353 g/mol. The topological polar surface area (TPSA) is 94.6 Å². The molecule has 25 heavy (non-hydrogen) atoms. The van der Waals surface area contributed by atoms with Gasteiger partial charge in [0.25, 0.3) is 5.89 Å². The third kappa shape index (κ3) is 3.82. The minimum Gasteiger partial charge on any atom is -0.332 e. The second-order valence-corrected chi connectivity index (χ2v) is 5.36. The van der Waals surface area contributed by atoms with Crippen LogP contribution in [0.4, 0.5) is 13.2 Å². The van der Waals surface area contributed by atoms with E-state index >= 15 is 0 Å².